The number of rotatable bonds is 3. The molecule has 0 saturated heterocycles. The Hall–Kier alpha value is -1.21. The summed E-state index contributed by atoms with van der Waals surface area (Å²) >= 11 is 1.88. The average Bonchev–Trinajstić information content (AvgIpc) is 2.99. The lowest BCUT2D eigenvalue weighted by atomic mass is 10.2. The standard InChI is InChI=1S/C14H19N3O2S2/c1-20-10-7-6-9(8-10)17-11-4-3-5-12(21(2,18)19)13(11)16-14(17)15/h3-5,9-10H,6-8H2,1-2H3,(H2,15,16). The van der Waals surface area contributed by atoms with Crippen LogP contribution in [0.2, 0.25) is 0 Å². The highest BCUT2D eigenvalue weighted by molar-refractivity contribution is 7.99. The number of hydrogen-bond donors (Lipinski definition) is 1. The van der Waals surface area contributed by atoms with Gasteiger partial charge in [-0.25, -0.2) is 13.4 Å². The molecule has 7 heteroatoms. The Morgan fingerprint density at radius 2 is 2.14 bits per heavy atom. The molecule has 0 radical (unpaired) electrons. The molecule has 1 aromatic heterocycles. The van der Waals surface area contributed by atoms with Crippen LogP contribution in [0.5, 0.6) is 0 Å². The van der Waals surface area contributed by atoms with E-state index in [1.54, 1.807) is 12.1 Å². The number of imidazole rings is 1. The van der Waals surface area contributed by atoms with Crippen molar-refractivity contribution >= 4 is 38.6 Å². The Balaban J connectivity index is 2.15. The van der Waals surface area contributed by atoms with E-state index in [1.807, 2.05) is 22.4 Å². The number of nitrogens with two attached hydrogens (primary N) is 1. The van der Waals surface area contributed by atoms with Gasteiger partial charge in [0.2, 0.25) is 5.95 Å². The fourth-order valence-corrected chi connectivity index (χ4v) is 4.77. The maximum Gasteiger partial charge on any atom is 0.201 e. The molecular weight excluding hydrogens is 306 g/mol. The second-order valence-electron chi connectivity index (χ2n) is 5.56. The summed E-state index contributed by atoms with van der Waals surface area (Å²) < 4.78 is 25.8. The first-order valence-electron chi connectivity index (χ1n) is 6.91. The minimum atomic E-state index is -3.31. The van der Waals surface area contributed by atoms with Gasteiger partial charge in [-0.05, 0) is 37.7 Å². The molecule has 2 unspecified atom stereocenters. The molecule has 1 aliphatic rings. The number of para-hydroxylation sites is 1. The summed E-state index contributed by atoms with van der Waals surface area (Å²) in [5, 5.41) is 0.643. The molecule has 1 fully saturated rings. The minimum absolute atomic E-state index is 0.255. The summed E-state index contributed by atoms with van der Waals surface area (Å²) in [6.07, 6.45) is 6.61. The second kappa shape index (κ2) is 5.21. The molecule has 2 N–H and O–H groups in total. The predicted molar refractivity (Wildman–Crippen MR) is 87.4 cm³/mol. The highest BCUT2D eigenvalue weighted by Crippen LogP contribution is 2.39. The third-order valence-corrected chi connectivity index (χ3v) is 6.39. The van der Waals surface area contributed by atoms with Gasteiger partial charge in [-0.2, -0.15) is 11.8 Å². The number of benzene rings is 1. The van der Waals surface area contributed by atoms with Crippen molar-refractivity contribution in [1.29, 1.82) is 0 Å². The highest BCUT2D eigenvalue weighted by atomic mass is 32.2. The topological polar surface area (TPSA) is 78.0 Å². The van der Waals surface area contributed by atoms with Crippen LogP contribution >= 0.6 is 11.8 Å². The first-order chi connectivity index (χ1) is 9.91. The fourth-order valence-electron chi connectivity index (χ4n) is 3.16. The lowest BCUT2D eigenvalue weighted by molar-refractivity contribution is 0.540. The number of anilines is 1. The van der Waals surface area contributed by atoms with Crippen LogP contribution in [0.25, 0.3) is 11.0 Å². The lowest BCUT2D eigenvalue weighted by Gasteiger charge is -2.15. The number of aromatic nitrogens is 2. The summed E-state index contributed by atoms with van der Waals surface area (Å²) in [6, 6.07) is 5.56. The van der Waals surface area contributed by atoms with Gasteiger partial charge < -0.3 is 10.3 Å². The van der Waals surface area contributed by atoms with Crippen LogP contribution in [0.15, 0.2) is 23.1 Å². The van der Waals surface area contributed by atoms with Crippen LogP contribution in [0.1, 0.15) is 25.3 Å². The van der Waals surface area contributed by atoms with E-state index in [1.165, 1.54) is 6.26 Å². The zero-order valence-corrected chi connectivity index (χ0v) is 13.7. The molecule has 2 atom stereocenters. The van der Waals surface area contributed by atoms with Crippen LogP contribution in [-0.2, 0) is 9.84 Å². The SMILES string of the molecule is CSC1CCC(n2c(N)nc3c(S(C)(=O)=O)cccc32)C1. The van der Waals surface area contributed by atoms with Gasteiger partial charge in [-0.1, -0.05) is 6.07 Å². The van der Waals surface area contributed by atoms with Gasteiger partial charge >= 0.3 is 0 Å². The van der Waals surface area contributed by atoms with E-state index in [4.69, 9.17) is 5.73 Å². The predicted octanol–water partition coefficient (Wildman–Crippen LogP) is 2.48. The van der Waals surface area contributed by atoms with E-state index in [0.717, 1.165) is 24.8 Å². The molecule has 2 aromatic rings. The summed E-state index contributed by atoms with van der Waals surface area (Å²) in [4.78, 5) is 4.58. The summed E-state index contributed by atoms with van der Waals surface area (Å²) in [5.74, 6) is 0.410. The molecule has 3 rings (SSSR count). The number of sulfone groups is 1. The largest absolute Gasteiger partial charge is 0.369 e. The maximum atomic E-state index is 11.9. The summed E-state index contributed by atoms with van der Waals surface area (Å²) in [6.45, 7) is 0. The zero-order valence-electron chi connectivity index (χ0n) is 12.1. The van der Waals surface area contributed by atoms with Crippen molar-refractivity contribution in [1.82, 2.24) is 9.55 Å². The van der Waals surface area contributed by atoms with Gasteiger partial charge in [0.1, 0.15) is 5.52 Å². The molecule has 1 heterocycles. The van der Waals surface area contributed by atoms with Gasteiger partial charge in [-0.15, -0.1) is 0 Å². The fraction of sp³-hybridized carbons (Fsp3) is 0.500. The Labute approximate surface area is 128 Å². The molecule has 114 valence electrons. The average molecular weight is 325 g/mol. The quantitative estimate of drug-likeness (QED) is 0.938. The van der Waals surface area contributed by atoms with Gasteiger partial charge in [0, 0.05) is 17.5 Å². The lowest BCUT2D eigenvalue weighted by Crippen LogP contribution is -2.09. The Kier molecular flexibility index (Phi) is 3.65. The number of nitrogen functional groups attached to an aromatic ring is 1. The Morgan fingerprint density at radius 3 is 2.76 bits per heavy atom. The van der Waals surface area contributed by atoms with Crippen molar-refractivity contribution in [2.45, 2.75) is 35.4 Å². The van der Waals surface area contributed by atoms with Crippen molar-refractivity contribution < 1.29 is 8.42 Å². The first kappa shape index (κ1) is 14.7. The molecule has 1 saturated carbocycles. The first-order valence-corrected chi connectivity index (χ1v) is 10.1. The van der Waals surface area contributed by atoms with Crippen LogP contribution in [0.3, 0.4) is 0 Å². The highest BCUT2D eigenvalue weighted by Gasteiger charge is 2.29. The van der Waals surface area contributed by atoms with Gasteiger partial charge in [0.25, 0.3) is 0 Å². The van der Waals surface area contributed by atoms with Crippen LogP contribution in [0, 0.1) is 0 Å². The van der Waals surface area contributed by atoms with E-state index in [0.29, 0.717) is 22.8 Å². The summed E-state index contributed by atoms with van der Waals surface area (Å²) in [7, 11) is -3.31. The van der Waals surface area contributed by atoms with Crippen molar-refractivity contribution in [2.75, 3.05) is 18.2 Å². The van der Waals surface area contributed by atoms with Crippen molar-refractivity contribution in [2.24, 2.45) is 0 Å². The van der Waals surface area contributed by atoms with E-state index < -0.39 is 9.84 Å². The van der Waals surface area contributed by atoms with Gasteiger partial charge in [-0.3, -0.25) is 0 Å². The Bertz CT molecular complexity index is 783. The molecule has 0 amide bonds. The number of thioether (sulfide) groups is 1. The molecule has 0 bridgehead atoms. The monoisotopic (exact) mass is 325 g/mol. The van der Waals surface area contributed by atoms with E-state index in [9.17, 15) is 8.42 Å². The molecule has 5 nitrogen and oxygen atoms in total. The third-order valence-electron chi connectivity index (χ3n) is 4.17. The van der Waals surface area contributed by atoms with Crippen molar-refractivity contribution in [3.63, 3.8) is 0 Å². The minimum Gasteiger partial charge on any atom is -0.369 e. The van der Waals surface area contributed by atoms with Crippen molar-refractivity contribution in [3.05, 3.63) is 18.2 Å². The van der Waals surface area contributed by atoms with Crippen LogP contribution in [-0.4, -0.2) is 35.7 Å². The second-order valence-corrected chi connectivity index (χ2v) is 8.68. The van der Waals surface area contributed by atoms with E-state index in [2.05, 4.69) is 11.2 Å². The molecule has 21 heavy (non-hydrogen) atoms. The van der Waals surface area contributed by atoms with Crippen LogP contribution < -0.4 is 5.73 Å². The number of fused-ring (bicyclic) bond motifs is 1. The zero-order chi connectivity index (χ0) is 15.2. The van der Waals surface area contributed by atoms with E-state index in [-0.39, 0.29) is 4.90 Å². The number of nitrogens with zero attached hydrogens (tertiary/aromatic N) is 2. The summed E-state index contributed by atoms with van der Waals surface area (Å²) in [5.41, 5.74) is 7.39. The maximum absolute atomic E-state index is 11.9. The molecule has 0 spiro atoms. The van der Waals surface area contributed by atoms with E-state index >= 15 is 0 Å². The number of hydrogen-bond acceptors (Lipinski definition) is 5. The molecule has 1 aromatic carbocycles. The molecule has 0 aliphatic heterocycles. The van der Waals surface area contributed by atoms with Gasteiger partial charge in [0.05, 0.1) is 10.4 Å². The molecular formula is C14H19N3O2S2. The van der Waals surface area contributed by atoms with Gasteiger partial charge in [0.15, 0.2) is 9.84 Å². The third kappa shape index (κ3) is 2.53. The molecule has 1 aliphatic carbocycles. The van der Waals surface area contributed by atoms with Crippen LogP contribution in [0.4, 0.5) is 5.95 Å². The van der Waals surface area contributed by atoms with Crippen molar-refractivity contribution in [3.8, 4) is 0 Å². The smallest absolute Gasteiger partial charge is 0.201 e. The normalized spacial score (nSPS) is 23.0. The Morgan fingerprint density at radius 1 is 1.38 bits per heavy atom.